The van der Waals surface area contributed by atoms with E-state index in [0.717, 1.165) is 5.69 Å². The first-order chi connectivity index (χ1) is 18.2. The van der Waals surface area contributed by atoms with Crippen LogP contribution in [0.3, 0.4) is 0 Å². The molecule has 1 aliphatic heterocycles. The SMILES string of the molecule is Cn1cncc1CCNC(=O)c1ccccc1CN1CC(CC(=O)O)CN(Cc2ccc(Cl)cc2Cl)C1=O. The molecule has 0 aliphatic carbocycles. The normalized spacial score (nSPS) is 15.6. The number of benzene rings is 2. The molecule has 4 rings (SSSR count). The molecule has 9 nitrogen and oxygen atoms in total. The third-order valence-electron chi connectivity index (χ3n) is 6.54. The van der Waals surface area contributed by atoms with Crippen molar-refractivity contribution in [2.45, 2.75) is 25.9 Å². The minimum Gasteiger partial charge on any atom is -0.481 e. The fraction of sp³-hybridized carbons (Fsp3) is 0.333. The molecule has 0 bridgehead atoms. The van der Waals surface area contributed by atoms with E-state index in [1.807, 2.05) is 23.7 Å². The van der Waals surface area contributed by atoms with Gasteiger partial charge in [0, 0.05) is 79.6 Å². The second kappa shape index (κ2) is 12.3. The van der Waals surface area contributed by atoms with E-state index in [4.69, 9.17) is 23.2 Å². The summed E-state index contributed by atoms with van der Waals surface area (Å²) in [5.41, 5.74) is 2.87. The molecule has 1 fully saturated rings. The molecule has 0 saturated carbocycles. The minimum atomic E-state index is -0.929. The van der Waals surface area contributed by atoms with Crippen molar-refractivity contribution < 1.29 is 19.5 Å². The van der Waals surface area contributed by atoms with Gasteiger partial charge in [0.05, 0.1) is 12.7 Å². The molecule has 2 N–H and O–H groups in total. The molecule has 1 atom stereocenters. The van der Waals surface area contributed by atoms with E-state index in [1.165, 1.54) is 0 Å². The van der Waals surface area contributed by atoms with Gasteiger partial charge in [-0.25, -0.2) is 9.78 Å². The predicted octanol–water partition coefficient (Wildman–Crippen LogP) is 4.23. The Morgan fingerprint density at radius 2 is 1.79 bits per heavy atom. The molecule has 3 amide bonds. The lowest BCUT2D eigenvalue weighted by atomic mass is 9.99. The van der Waals surface area contributed by atoms with Crippen molar-refractivity contribution in [2.24, 2.45) is 13.0 Å². The molecule has 3 aromatic rings. The van der Waals surface area contributed by atoms with Gasteiger partial charge in [-0.1, -0.05) is 47.5 Å². The number of amides is 3. The molecule has 1 unspecified atom stereocenters. The molecule has 38 heavy (non-hydrogen) atoms. The van der Waals surface area contributed by atoms with E-state index in [0.29, 0.717) is 39.7 Å². The third-order valence-corrected chi connectivity index (χ3v) is 7.13. The first kappa shape index (κ1) is 27.5. The minimum absolute atomic E-state index is 0.0786. The van der Waals surface area contributed by atoms with Crippen LogP contribution in [0.25, 0.3) is 0 Å². The summed E-state index contributed by atoms with van der Waals surface area (Å²) in [5, 5.41) is 13.3. The summed E-state index contributed by atoms with van der Waals surface area (Å²) in [4.78, 5) is 45.3. The molecular weight excluding hydrogens is 529 g/mol. The number of hydrogen-bond acceptors (Lipinski definition) is 4. The Kier molecular flexibility index (Phi) is 8.91. The van der Waals surface area contributed by atoms with Crippen LogP contribution < -0.4 is 5.32 Å². The van der Waals surface area contributed by atoms with Crippen LogP contribution in [0.5, 0.6) is 0 Å². The van der Waals surface area contributed by atoms with Crippen molar-refractivity contribution in [1.82, 2.24) is 24.7 Å². The van der Waals surface area contributed by atoms with Gasteiger partial charge in [-0.2, -0.15) is 0 Å². The van der Waals surface area contributed by atoms with Crippen LogP contribution in [-0.4, -0.2) is 62.0 Å². The maximum atomic E-state index is 13.5. The number of imidazole rings is 1. The number of rotatable bonds is 10. The van der Waals surface area contributed by atoms with Gasteiger partial charge in [0.1, 0.15) is 0 Å². The van der Waals surface area contributed by atoms with Crippen LogP contribution in [0, 0.1) is 5.92 Å². The van der Waals surface area contributed by atoms with Gasteiger partial charge in [0.15, 0.2) is 0 Å². The number of carboxylic acid groups (broad SMARTS) is 1. The quantitative estimate of drug-likeness (QED) is 0.388. The number of hydrogen-bond donors (Lipinski definition) is 2. The third kappa shape index (κ3) is 6.85. The average Bonchev–Trinajstić information content (AvgIpc) is 3.28. The summed E-state index contributed by atoms with van der Waals surface area (Å²) < 4.78 is 1.90. The summed E-state index contributed by atoms with van der Waals surface area (Å²) in [6, 6.07) is 12.0. The number of carbonyl (C=O) groups is 3. The van der Waals surface area contributed by atoms with Gasteiger partial charge in [0.25, 0.3) is 5.91 Å². The highest BCUT2D eigenvalue weighted by Crippen LogP contribution is 2.27. The van der Waals surface area contributed by atoms with Crippen LogP contribution in [0.15, 0.2) is 55.0 Å². The second-order valence-corrected chi connectivity index (χ2v) is 10.2. The Morgan fingerprint density at radius 1 is 1.08 bits per heavy atom. The number of nitrogens with one attached hydrogen (secondary N) is 1. The van der Waals surface area contributed by atoms with Crippen LogP contribution >= 0.6 is 23.2 Å². The Morgan fingerprint density at radius 3 is 2.45 bits per heavy atom. The molecule has 2 heterocycles. The number of carbonyl (C=O) groups excluding carboxylic acids is 2. The van der Waals surface area contributed by atoms with E-state index in [2.05, 4.69) is 10.3 Å². The van der Waals surface area contributed by atoms with Crippen molar-refractivity contribution in [2.75, 3.05) is 19.6 Å². The summed E-state index contributed by atoms with van der Waals surface area (Å²) in [6.07, 6.45) is 4.03. The number of aliphatic carboxylic acids is 1. The molecule has 1 saturated heterocycles. The summed E-state index contributed by atoms with van der Waals surface area (Å²) in [6.45, 7) is 1.39. The van der Waals surface area contributed by atoms with Gasteiger partial charge >= 0.3 is 12.0 Å². The van der Waals surface area contributed by atoms with Gasteiger partial charge in [-0.05, 0) is 29.3 Å². The Balaban J connectivity index is 1.49. The average molecular weight is 558 g/mol. The number of aromatic nitrogens is 2. The zero-order valence-electron chi connectivity index (χ0n) is 20.9. The van der Waals surface area contributed by atoms with E-state index in [-0.39, 0.29) is 50.5 Å². The number of halogens is 2. The van der Waals surface area contributed by atoms with Crippen molar-refractivity contribution in [3.63, 3.8) is 0 Å². The largest absolute Gasteiger partial charge is 0.481 e. The first-order valence-electron chi connectivity index (χ1n) is 12.2. The Labute approximate surface area is 231 Å². The summed E-state index contributed by atoms with van der Waals surface area (Å²) in [7, 11) is 1.90. The molecule has 0 spiro atoms. The van der Waals surface area contributed by atoms with Gasteiger partial charge in [0.2, 0.25) is 0 Å². The molecule has 200 valence electrons. The fourth-order valence-electron chi connectivity index (χ4n) is 4.64. The molecule has 1 aliphatic rings. The van der Waals surface area contributed by atoms with Crippen molar-refractivity contribution in [3.8, 4) is 0 Å². The second-order valence-electron chi connectivity index (χ2n) is 9.40. The van der Waals surface area contributed by atoms with E-state index in [9.17, 15) is 19.5 Å². The van der Waals surface area contributed by atoms with Gasteiger partial charge in [-0.3, -0.25) is 9.59 Å². The lowest BCUT2D eigenvalue weighted by molar-refractivity contribution is -0.138. The highest BCUT2D eigenvalue weighted by molar-refractivity contribution is 6.35. The number of nitrogens with zero attached hydrogens (tertiary/aromatic N) is 4. The lowest BCUT2D eigenvalue weighted by Crippen LogP contribution is -2.53. The maximum absolute atomic E-state index is 13.5. The molecule has 11 heteroatoms. The number of urea groups is 1. The molecular formula is C27H29Cl2N5O4. The molecule has 0 radical (unpaired) electrons. The van der Waals surface area contributed by atoms with Crippen molar-refractivity contribution >= 4 is 41.1 Å². The zero-order chi connectivity index (χ0) is 27.2. The summed E-state index contributed by atoms with van der Waals surface area (Å²) >= 11 is 12.4. The van der Waals surface area contributed by atoms with Crippen molar-refractivity contribution in [3.05, 3.63) is 87.4 Å². The van der Waals surface area contributed by atoms with Gasteiger partial charge < -0.3 is 24.8 Å². The van der Waals surface area contributed by atoms with E-state index < -0.39 is 5.97 Å². The number of carboxylic acids is 1. The van der Waals surface area contributed by atoms with E-state index >= 15 is 0 Å². The molecule has 1 aromatic heterocycles. The highest BCUT2D eigenvalue weighted by atomic mass is 35.5. The summed E-state index contributed by atoms with van der Waals surface area (Å²) in [5.74, 6) is -1.45. The Hall–Kier alpha value is -3.56. The Bertz CT molecular complexity index is 1330. The van der Waals surface area contributed by atoms with Crippen LogP contribution in [0.4, 0.5) is 4.79 Å². The van der Waals surface area contributed by atoms with Gasteiger partial charge in [-0.15, -0.1) is 0 Å². The lowest BCUT2D eigenvalue weighted by Gasteiger charge is -2.40. The monoisotopic (exact) mass is 557 g/mol. The van der Waals surface area contributed by atoms with Crippen LogP contribution in [0.1, 0.15) is 33.6 Å². The predicted molar refractivity (Wildman–Crippen MR) is 144 cm³/mol. The number of aryl methyl sites for hydroxylation is 1. The maximum Gasteiger partial charge on any atom is 0.320 e. The van der Waals surface area contributed by atoms with E-state index in [1.54, 1.807) is 52.7 Å². The first-order valence-corrected chi connectivity index (χ1v) is 13.0. The highest BCUT2D eigenvalue weighted by Gasteiger charge is 2.33. The van der Waals surface area contributed by atoms with Crippen LogP contribution in [0.2, 0.25) is 10.0 Å². The molecule has 2 aromatic carbocycles. The van der Waals surface area contributed by atoms with Crippen LogP contribution in [-0.2, 0) is 31.4 Å². The standard InChI is InChI=1S/C27H29Cl2N5O4/c1-32-17-30-12-22(32)8-9-31-26(37)23-5-3-2-4-19(23)15-33-13-18(10-25(35)36)14-34(27(33)38)16-20-6-7-21(28)11-24(20)29/h2-7,11-12,17-18H,8-10,13-16H2,1H3,(H,31,37)(H,35,36). The fourth-order valence-corrected chi connectivity index (χ4v) is 5.11. The zero-order valence-corrected chi connectivity index (χ0v) is 22.5. The smallest absolute Gasteiger partial charge is 0.320 e. The topological polar surface area (TPSA) is 108 Å². The van der Waals surface area contributed by atoms with Crippen molar-refractivity contribution in [1.29, 1.82) is 0 Å².